The van der Waals surface area contributed by atoms with Crippen molar-refractivity contribution in [1.82, 2.24) is 14.5 Å². The Bertz CT molecular complexity index is 1450. The maximum atomic E-state index is 12.3. The Morgan fingerprint density at radius 3 is 2.44 bits per heavy atom. The van der Waals surface area contributed by atoms with E-state index in [0.717, 1.165) is 27.9 Å². The van der Waals surface area contributed by atoms with Gasteiger partial charge in [-0.2, -0.15) is 0 Å². The second kappa shape index (κ2) is 8.94. The van der Waals surface area contributed by atoms with Crippen LogP contribution in [0.3, 0.4) is 0 Å². The van der Waals surface area contributed by atoms with Crippen molar-refractivity contribution in [3.63, 3.8) is 0 Å². The molecular formula is C27H26N4O3. The topological polar surface area (TPSA) is 111 Å². The van der Waals surface area contributed by atoms with Gasteiger partial charge in [-0.25, -0.2) is 4.79 Å². The molecule has 0 saturated heterocycles. The summed E-state index contributed by atoms with van der Waals surface area (Å²) in [6.07, 6.45) is 5.42. The minimum atomic E-state index is -0.960. The first-order valence-corrected chi connectivity index (χ1v) is 10.9. The average Bonchev–Trinajstić information content (AvgIpc) is 3.17. The maximum Gasteiger partial charge on any atom is 0.335 e. The van der Waals surface area contributed by atoms with Gasteiger partial charge in [0.05, 0.1) is 28.3 Å². The number of nitrogens with zero attached hydrogens (tertiary/aromatic N) is 3. The van der Waals surface area contributed by atoms with E-state index in [1.165, 1.54) is 6.92 Å². The van der Waals surface area contributed by atoms with E-state index >= 15 is 0 Å². The van der Waals surface area contributed by atoms with Gasteiger partial charge in [0.2, 0.25) is 0 Å². The van der Waals surface area contributed by atoms with Gasteiger partial charge in [-0.3, -0.25) is 14.8 Å². The number of carbonyl (C=O) groups excluding carboxylic acids is 1. The van der Waals surface area contributed by atoms with Crippen LogP contribution in [0.15, 0.2) is 66.8 Å². The van der Waals surface area contributed by atoms with Crippen molar-refractivity contribution in [3.8, 4) is 11.1 Å². The summed E-state index contributed by atoms with van der Waals surface area (Å²) in [5.74, 6) is -1.09. The number of aromatic carboxylic acids is 1. The molecule has 1 atom stereocenters. The minimum absolute atomic E-state index is 0.113. The van der Waals surface area contributed by atoms with Gasteiger partial charge in [-0.1, -0.05) is 18.2 Å². The number of rotatable bonds is 6. The first kappa shape index (κ1) is 22.9. The summed E-state index contributed by atoms with van der Waals surface area (Å²) in [6.45, 7) is 7.02. The zero-order valence-electron chi connectivity index (χ0n) is 19.5. The number of Topliss-reactive ketones (excluding diaryl/α,β-unsaturated/α-hetero) is 1. The molecule has 0 bridgehead atoms. The van der Waals surface area contributed by atoms with Gasteiger partial charge in [-0.15, -0.1) is 0 Å². The summed E-state index contributed by atoms with van der Waals surface area (Å²) in [6, 6.07) is 12.9. The lowest BCUT2D eigenvalue weighted by Gasteiger charge is -2.15. The summed E-state index contributed by atoms with van der Waals surface area (Å²) in [4.78, 5) is 33.0. The number of nitrogens with two attached hydrogens (primary N) is 1. The third-order valence-electron chi connectivity index (χ3n) is 6.01. The first-order valence-electron chi connectivity index (χ1n) is 10.9. The molecular weight excluding hydrogens is 428 g/mol. The summed E-state index contributed by atoms with van der Waals surface area (Å²) in [5, 5.41) is 9.41. The van der Waals surface area contributed by atoms with Crippen LogP contribution in [0.2, 0.25) is 0 Å². The van der Waals surface area contributed by atoms with Crippen LogP contribution in [0.1, 0.15) is 54.0 Å². The second-order valence-corrected chi connectivity index (χ2v) is 8.42. The van der Waals surface area contributed by atoms with Crippen molar-refractivity contribution < 1.29 is 14.7 Å². The molecule has 7 nitrogen and oxygen atoms in total. The molecule has 3 heterocycles. The lowest BCUT2D eigenvalue weighted by Crippen LogP contribution is -2.08. The van der Waals surface area contributed by atoms with Gasteiger partial charge in [0.15, 0.2) is 5.78 Å². The van der Waals surface area contributed by atoms with Crippen molar-refractivity contribution in [2.45, 2.75) is 33.7 Å². The van der Waals surface area contributed by atoms with Gasteiger partial charge in [0.25, 0.3) is 0 Å². The number of aryl methyl sites for hydroxylation is 1. The Hall–Kier alpha value is -4.26. The number of fused-ring (bicyclic) bond motifs is 1. The molecule has 3 N–H and O–H groups in total. The van der Waals surface area contributed by atoms with Crippen molar-refractivity contribution in [2.75, 3.05) is 0 Å². The van der Waals surface area contributed by atoms with Crippen LogP contribution in [0.25, 0.3) is 27.7 Å². The molecule has 3 aromatic heterocycles. The Morgan fingerprint density at radius 2 is 1.85 bits per heavy atom. The van der Waals surface area contributed by atoms with Gasteiger partial charge in [0, 0.05) is 41.0 Å². The zero-order valence-corrected chi connectivity index (χ0v) is 19.5. The zero-order chi connectivity index (χ0) is 24.6. The summed E-state index contributed by atoms with van der Waals surface area (Å²) >= 11 is 0. The highest BCUT2D eigenvalue weighted by Gasteiger charge is 2.20. The molecule has 0 unspecified atom stereocenters. The van der Waals surface area contributed by atoms with Gasteiger partial charge < -0.3 is 15.4 Å². The molecule has 0 aliphatic rings. The molecule has 0 radical (unpaired) electrons. The normalized spacial score (nSPS) is 12.9. The van der Waals surface area contributed by atoms with Crippen molar-refractivity contribution >= 4 is 28.4 Å². The predicted molar refractivity (Wildman–Crippen MR) is 132 cm³/mol. The minimum Gasteiger partial charge on any atom is -0.478 e. The van der Waals surface area contributed by atoms with Gasteiger partial charge >= 0.3 is 5.97 Å². The van der Waals surface area contributed by atoms with Crippen LogP contribution in [0, 0.1) is 6.92 Å². The molecule has 172 valence electrons. The number of ketones is 1. The lowest BCUT2D eigenvalue weighted by molar-refractivity contribution is -0.111. The second-order valence-electron chi connectivity index (χ2n) is 8.42. The largest absolute Gasteiger partial charge is 0.478 e. The lowest BCUT2D eigenvalue weighted by atomic mass is 9.99. The van der Waals surface area contributed by atoms with E-state index in [4.69, 9.17) is 10.7 Å². The van der Waals surface area contributed by atoms with E-state index in [-0.39, 0.29) is 17.4 Å². The number of carboxylic acids is 1. The highest BCUT2D eigenvalue weighted by molar-refractivity contribution is 6.20. The summed E-state index contributed by atoms with van der Waals surface area (Å²) in [5.41, 5.74) is 12.6. The predicted octanol–water partition coefficient (Wildman–Crippen LogP) is 4.99. The monoisotopic (exact) mass is 454 g/mol. The standard InChI is InChI=1S/C27H26N4O3/c1-15-11-19(8-9-21(15)27(33)34)22-14-31(17(3)23-7-5-6-10-29-23)24-12-20(13-30-26(22)24)25(16(2)28)18(4)32/h5-14,17H,28H2,1-4H3,(H,33,34)/b25-16+/t17-/m0/s1. The molecule has 1 aromatic carbocycles. The quantitative estimate of drug-likeness (QED) is 0.397. The number of benzene rings is 1. The number of carbonyl (C=O) groups is 2. The Kier molecular flexibility index (Phi) is 6.03. The smallest absolute Gasteiger partial charge is 0.335 e. The molecule has 0 spiro atoms. The van der Waals surface area contributed by atoms with Gasteiger partial charge in [-0.05, 0) is 63.1 Å². The molecule has 0 amide bonds. The molecule has 0 aliphatic heterocycles. The molecule has 34 heavy (non-hydrogen) atoms. The molecule has 0 fully saturated rings. The molecule has 7 heteroatoms. The van der Waals surface area contributed by atoms with Crippen LogP contribution in [0.4, 0.5) is 0 Å². The van der Waals surface area contributed by atoms with Crippen LogP contribution >= 0.6 is 0 Å². The van der Waals surface area contributed by atoms with E-state index in [9.17, 15) is 14.7 Å². The van der Waals surface area contributed by atoms with E-state index in [1.807, 2.05) is 43.5 Å². The Morgan fingerprint density at radius 1 is 1.09 bits per heavy atom. The molecule has 0 saturated carbocycles. The summed E-state index contributed by atoms with van der Waals surface area (Å²) in [7, 11) is 0. The number of allylic oxidation sites excluding steroid dienone is 2. The van der Waals surface area contributed by atoms with Crippen molar-refractivity contribution in [1.29, 1.82) is 0 Å². The van der Waals surface area contributed by atoms with Crippen LogP contribution < -0.4 is 5.73 Å². The third-order valence-corrected chi connectivity index (χ3v) is 6.01. The SMILES string of the molecule is CC(=O)/C(=C(/C)N)c1cnc2c(-c3ccc(C(=O)O)c(C)c3)cn([C@@H](C)c3ccccn3)c2c1. The third kappa shape index (κ3) is 4.08. The fourth-order valence-electron chi connectivity index (χ4n) is 4.34. The van der Waals surface area contributed by atoms with Crippen LogP contribution in [-0.2, 0) is 4.79 Å². The van der Waals surface area contributed by atoms with E-state index in [0.29, 0.717) is 22.4 Å². The molecule has 4 rings (SSSR count). The van der Waals surface area contributed by atoms with Crippen molar-refractivity contribution in [2.24, 2.45) is 5.73 Å². The number of carboxylic acid groups (broad SMARTS) is 1. The Balaban J connectivity index is 1.98. The van der Waals surface area contributed by atoms with E-state index < -0.39 is 5.97 Å². The van der Waals surface area contributed by atoms with Gasteiger partial charge in [0.1, 0.15) is 0 Å². The number of aromatic nitrogens is 3. The molecule has 0 aliphatic carbocycles. The van der Waals surface area contributed by atoms with E-state index in [1.54, 1.807) is 38.4 Å². The number of hydrogen-bond acceptors (Lipinski definition) is 5. The summed E-state index contributed by atoms with van der Waals surface area (Å²) < 4.78 is 2.08. The highest BCUT2D eigenvalue weighted by Crippen LogP contribution is 2.35. The fraction of sp³-hybridized carbons (Fsp3) is 0.185. The highest BCUT2D eigenvalue weighted by atomic mass is 16.4. The fourth-order valence-corrected chi connectivity index (χ4v) is 4.34. The average molecular weight is 455 g/mol. The van der Waals surface area contributed by atoms with E-state index in [2.05, 4.69) is 9.55 Å². The maximum absolute atomic E-state index is 12.3. The van der Waals surface area contributed by atoms with Crippen LogP contribution in [0.5, 0.6) is 0 Å². The molecule has 4 aromatic rings. The first-order chi connectivity index (χ1) is 16.2. The van der Waals surface area contributed by atoms with Crippen LogP contribution in [-0.4, -0.2) is 31.4 Å². The van der Waals surface area contributed by atoms with Crippen molar-refractivity contribution in [3.05, 3.63) is 89.1 Å². The number of hydrogen-bond donors (Lipinski definition) is 2. The number of pyridine rings is 2. The Labute approximate surface area is 197 Å².